The Hall–Kier alpha value is -1.77. The van der Waals surface area contributed by atoms with Gasteiger partial charge < -0.3 is 19.0 Å². The third kappa shape index (κ3) is 2.01. The Morgan fingerprint density at radius 2 is 2.00 bits per heavy atom. The van der Waals surface area contributed by atoms with Gasteiger partial charge in [0, 0.05) is 12.3 Å². The van der Waals surface area contributed by atoms with Crippen LogP contribution in [0.4, 0.5) is 0 Å². The van der Waals surface area contributed by atoms with Crippen molar-refractivity contribution < 1.29 is 19.0 Å². The maximum atomic E-state index is 11.8. The smallest absolute Gasteiger partial charge is 0.330 e. The zero-order valence-electron chi connectivity index (χ0n) is 10.9. The molecule has 4 atom stereocenters. The Bertz CT molecular complexity index is 648. The van der Waals surface area contributed by atoms with Crippen molar-refractivity contribution in [2.75, 3.05) is 0 Å². The van der Waals surface area contributed by atoms with Crippen molar-refractivity contribution in [2.24, 2.45) is 0 Å². The molecule has 1 aromatic heterocycles. The number of aromatic nitrogens is 2. The van der Waals surface area contributed by atoms with Crippen molar-refractivity contribution in [3.63, 3.8) is 0 Å². The van der Waals surface area contributed by atoms with Gasteiger partial charge in [-0.05, 0) is 13.8 Å². The molecule has 0 aromatic carbocycles. The summed E-state index contributed by atoms with van der Waals surface area (Å²) in [7, 11) is 0. The molecule has 1 aromatic rings. The van der Waals surface area contributed by atoms with Crippen LogP contribution in [0.2, 0.25) is 0 Å². The fraction of sp³-hybridized carbons (Fsp3) is 0.583. The number of carbonyl (C=O) groups is 1. The molecule has 8 heteroatoms. The average molecular weight is 282 g/mol. The van der Waals surface area contributed by atoms with Crippen LogP contribution in [-0.2, 0) is 19.0 Å². The molecule has 1 N–H and O–H groups in total. The SMILES string of the molecule is CC1(C)OC2C(C=O)OC(n3ccc(=O)[nH]c3=O)C2O1. The van der Waals surface area contributed by atoms with E-state index in [9.17, 15) is 14.4 Å². The van der Waals surface area contributed by atoms with E-state index in [0.717, 1.165) is 0 Å². The maximum Gasteiger partial charge on any atom is 0.330 e. The lowest BCUT2D eigenvalue weighted by molar-refractivity contribution is -0.195. The third-order valence-corrected chi connectivity index (χ3v) is 3.32. The van der Waals surface area contributed by atoms with E-state index in [1.165, 1.54) is 16.8 Å². The molecule has 2 fully saturated rings. The summed E-state index contributed by atoms with van der Waals surface area (Å²) in [6, 6.07) is 1.20. The second-order valence-electron chi connectivity index (χ2n) is 5.21. The predicted octanol–water partition coefficient (Wildman–Crippen LogP) is -0.847. The Morgan fingerprint density at radius 3 is 2.65 bits per heavy atom. The summed E-state index contributed by atoms with van der Waals surface area (Å²) < 4.78 is 18.0. The minimum absolute atomic E-state index is 0.503. The molecule has 3 rings (SSSR count). The average Bonchev–Trinajstić information content (AvgIpc) is 2.83. The van der Waals surface area contributed by atoms with Gasteiger partial charge in [-0.25, -0.2) is 4.79 Å². The number of aromatic amines is 1. The number of nitrogens with one attached hydrogen (secondary N) is 1. The first-order chi connectivity index (χ1) is 9.41. The van der Waals surface area contributed by atoms with Gasteiger partial charge in [-0.1, -0.05) is 0 Å². The Kier molecular flexibility index (Phi) is 2.89. The number of aldehydes is 1. The van der Waals surface area contributed by atoms with Crippen LogP contribution in [0.15, 0.2) is 21.9 Å². The molecule has 108 valence electrons. The largest absolute Gasteiger partial charge is 0.341 e. The quantitative estimate of drug-likeness (QED) is 0.709. The monoisotopic (exact) mass is 282 g/mol. The minimum Gasteiger partial charge on any atom is -0.341 e. The highest BCUT2D eigenvalue weighted by atomic mass is 16.8. The van der Waals surface area contributed by atoms with E-state index in [4.69, 9.17) is 14.2 Å². The van der Waals surface area contributed by atoms with Crippen LogP contribution in [0.25, 0.3) is 0 Å². The fourth-order valence-corrected chi connectivity index (χ4v) is 2.57. The molecule has 8 nitrogen and oxygen atoms in total. The second-order valence-corrected chi connectivity index (χ2v) is 5.21. The summed E-state index contributed by atoms with van der Waals surface area (Å²) in [5.74, 6) is -0.857. The summed E-state index contributed by atoms with van der Waals surface area (Å²) in [6.07, 6.45) is -0.869. The van der Waals surface area contributed by atoms with Crippen molar-refractivity contribution in [1.29, 1.82) is 0 Å². The molecule has 2 aliphatic heterocycles. The van der Waals surface area contributed by atoms with Crippen molar-refractivity contribution >= 4 is 6.29 Å². The zero-order chi connectivity index (χ0) is 14.5. The number of hydrogen-bond acceptors (Lipinski definition) is 6. The Labute approximate surface area is 113 Å². The molecule has 4 unspecified atom stereocenters. The first-order valence-electron chi connectivity index (χ1n) is 6.19. The predicted molar refractivity (Wildman–Crippen MR) is 65.1 cm³/mol. The molecule has 3 heterocycles. The first kappa shape index (κ1) is 13.2. The Balaban J connectivity index is 2.00. The van der Waals surface area contributed by atoms with Crippen LogP contribution in [-0.4, -0.2) is 39.9 Å². The summed E-state index contributed by atoms with van der Waals surface area (Å²) in [6.45, 7) is 3.44. The fourth-order valence-electron chi connectivity index (χ4n) is 2.57. The minimum atomic E-state index is -0.857. The van der Waals surface area contributed by atoms with Crippen LogP contribution >= 0.6 is 0 Å². The molecule has 20 heavy (non-hydrogen) atoms. The lowest BCUT2D eigenvalue weighted by atomic mass is 10.1. The number of ether oxygens (including phenoxy) is 3. The molecule has 0 spiro atoms. The topological polar surface area (TPSA) is 99.6 Å². The van der Waals surface area contributed by atoms with Crippen molar-refractivity contribution in [1.82, 2.24) is 9.55 Å². The molecule has 2 aliphatic rings. The van der Waals surface area contributed by atoms with Crippen molar-refractivity contribution in [3.05, 3.63) is 33.1 Å². The van der Waals surface area contributed by atoms with Gasteiger partial charge in [0.05, 0.1) is 0 Å². The lowest BCUT2D eigenvalue weighted by Gasteiger charge is -2.23. The standard InChI is InChI=1S/C12H14N2O6/c1-12(2)19-8-6(5-15)18-10(9(8)20-12)14-4-3-7(16)13-11(14)17/h3-6,8-10H,1-2H3,(H,13,16,17). The normalized spacial score (nSPS) is 34.9. The molecule has 0 saturated carbocycles. The lowest BCUT2D eigenvalue weighted by Crippen LogP contribution is -2.37. The Morgan fingerprint density at radius 1 is 1.30 bits per heavy atom. The molecule has 0 bridgehead atoms. The molecule has 2 saturated heterocycles. The first-order valence-corrected chi connectivity index (χ1v) is 6.19. The van der Waals surface area contributed by atoms with E-state index >= 15 is 0 Å². The summed E-state index contributed by atoms with van der Waals surface area (Å²) in [5.41, 5.74) is -1.13. The molecular formula is C12H14N2O6. The highest BCUT2D eigenvalue weighted by molar-refractivity contribution is 5.58. The van der Waals surface area contributed by atoms with Crippen LogP contribution < -0.4 is 11.2 Å². The van der Waals surface area contributed by atoms with E-state index in [1.54, 1.807) is 13.8 Å². The number of H-pyrrole nitrogens is 1. The van der Waals surface area contributed by atoms with Gasteiger partial charge in [0.1, 0.15) is 18.3 Å². The van der Waals surface area contributed by atoms with E-state index < -0.39 is 41.6 Å². The number of hydrogen-bond donors (Lipinski definition) is 1. The van der Waals surface area contributed by atoms with E-state index in [1.807, 2.05) is 0 Å². The van der Waals surface area contributed by atoms with Crippen molar-refractivity contribution in [2.45, 2.75) is 44.2 Å². The molecule has 0 aliphatic carbocycles. The van der Waals surface area contributed by atoms with E-state index in [0.29, 0.717) is 6.29 Å². The number of fused-ring (bicyclic) bond motifs is 1. The van der Waals surface area contributed by atoms with Crippen LogP contribution in [0.5, 0.6) is 0 Å². The highest BCUT2D eigenvalue weighted by Crippen LogP contribution is 2.41. The molecule has 0 amide bonds. The van der Waals surface area contributed by atoms with Crippen LogP contribution in [0.3, 0.4) is 0 Å². The van der Waals surface area contributed by atoms with Crippen LogP contribution in [0, 0.1) is 0 Å². The van der Waals surface area contributed by atoms with E-state index in [2.05, 4.69) is 4.98 Å². The van der Waals surface area contributed by atoms with Gasteiger partial charge in [0.25, 0.3) is 5.56 Å². The maximum absolute atomic E-state index is 11.8. The van der Waals surface area contributed by atoms with Crippen LogP contribution in [0.1, 0.15) is 20.1 Å². The van der Waals surface area contributed by atoms with Gasteiger partial charge in [-0.3, -0.25) is 14.3 Å². The van der Waals surface area contributed by atoms with Gasteiger partial charge >= 0.3 is 5.69 Å². The summed E-state index contributed by atoms with van der Waals surface area (Å²) >= 11 is 0. The second kappa shape index (κ2) is 4.37. The van der Waals surface area contributed by atoms with Gasteiger partial charge in [-0.2, -0.15) is 0 Å². The summed E-state index contributed by atoms with van der Waals surface area (Å²) in [4.78, 5) is 36.1. The van der Waals surface area contributed by atoms with Crippen molar-refractivity contribution in [3.8, 4) is 0 Å². The molecular weight excluding hydrogens is 268 g/mol. The molecule has 0 radical (unpaired) electrons. The third-order valence-electron chi connectivity index (χ3n) is 3.32. The van der Waals surface area contributed by atoms with Gasteiger partial charge in [0.2, 0.25) is 0 Å². The number of rotatable bonds is 2. The van der Waals surface area contributed by atoms with Gasteiger partial charge in [-0.15, -0.1) is 0 Å². The highest BCUT2D eigenvalue weighted by Gasteiger charge is 2.56. The van der Waals surface area contributed by atoms with Gasteiger partial charge in [0.15, 0.2) is 18.3 Å². The zero-order valence-corrected chi connectivity index (χ0v) is 10.9. The number of nitrogens with zero attached hydrogens (tertiary/aromatic N) is 1. The van der Waals surface area contributed by atoms with E-state index in [-0.39, 0.29) is 0 Å². The summed E-state index contributed by atoms with van der Waals surface area (Å²) in [5, 5.41) is 0. The number of carbonyl (C=O) groups excluding carboxylic acids is 1.